The second-order valence-corrected chi connectivity index (χ2v) is 4.98. The van der Waals surface area contributed by atoms with Gasteiger partial charge in [0.15, 0.2) is 0 Å². The van der Waals surface area contributed by atoms with Gasteiger partial charge in [-0.25, -0.2) is 0 Å². The Morgan fingerprint density at radius 3 is 2.50 bits per heavy atom. The monoisotopic (exact) mass is 237 g/mol. The fourth-order valence-electron chi connectivity index (χ4n) is 2.96. The second-order valence-electron chi connectivity index (χ2n) is 4.98. The van der Waals surface area contributed by atoms with E-state index in [0.717, 1.165) is 19.5 Å². The lowest BCUT2D eigenvalue weighted by Crippen LogP contribution is -2.21. The van der Waals surface area contributed by atoms with E-state index in [-0.39, 0.29) is 0 Å². The highest BCUT2D eigenvalue weighted by Crippen LogP contribution is 2.37. The first kappa shape index (κ1) is 11.3. The lowest BCUT2D eigenvalue weighted by molar-refractivity contribution is 0.698. The summed E-state index contributed by atoms with van der Waals surface area (Å²) in [4.78, 5) is 2.49. The molecule has 0 N–H and O–H groups in total. The van der Waals surface area contributed by atoms with E-state index in [0.29, 0.717) is 5.92 Å². The van der Waals surface area contributed by atoms with Crippen LogP contribution in [0.3, 0.4) is 0 Å². The number of para-hydroxylation sites is 1. The molecule has 0 saturated carbocycles. The van der Waals surface area contributed by atoms with Gasteiger partial charge in [-0.1, -0.05) is 48.5 Å². The molecule has 0 amide bonds. The molecule has 1 nitrogen and oxygen atoms in total. The maximum atomic E-state index is 2.49. The average Bonchev–Trinajstić information content (AvgIpc) is 2.78. The van der Waals surface area contributed by atoms with Gasteiger partial charge < -0.3 is 4.90 Å². The quantitative estimate of drug-likeness (QED) is 0.783. The summed E-state index contributed by atoms with van der Waals surface area (Å²) in [6.45, 7) is 4.49. The van der Waals surface area contributed by atoms with E-state index in [9.17, 15) is 0 Å². The van der Waals surface area contributed by atoms with Crippen LogP contribution in [0.4, 0.5) is 5.69 Å². The number of hydrogen-bond donors (Lipinski definition) is 0. The van der Waals surface area contributed by atoms with Crippen molar-refractivity contribution in [3.8, 4) is 0 Å². The van der Waals surface area contributed by atoms with E-state index >= 15 is 0 Å². The fourth-order valence-corrected chi connectivity index (χ4v) is 2.96. The summed E-state index contributed by atoms with van der Waals surface area (Å²) >= 11 is 0. The molecule has 0 saturated heterocycles. The van der Waals surface area contributed by atoms with Gasteiger partial charge in [0.2, 0.25) is 0 Å². The number of likely N-dealkylation sites (N-methyl/N-ethyl adjacent to an activating group) is 1. The van der Waals surface area contributed by atoms with Crippen molar-refractivity contribution in [1.29, 1.82) is 0 Å². The molecule has 1 heteroatoms. The lowest BCUT2D eigenvalue weighted by atomic mass is 9.94. The normalized spacial score (nSPS) is 17.8. The van der Waals surface area contributed by atoms with Crippen molar-refractivity contribution in [2.75, 3.05) is 18.0 Å². The molecule has 0 spiro atoms. The van der Waals surface area contributed by atoms with Crippen molar-refractivity contribution >= 4 is 5.69 Å². The second kappa shape index (κ2) is 4.85. The van der Waals surface area contributed by atoms with Crippen LogP contribution in [0.15, 0.2) is 54.6 Å². The van der Waals surface area contributed by atoms with Gasteiger partial charge in [-0.2, -0.15) is 0 Å². The molecule has 1 aliphatic rings. The van der Waals surface area contributed by atoms with Gasteiger partial charge in [-0.3, -0.25) is 0 Å². The molecule has 1 heterocycles. The molecule has 3 rings (SSSR count). The van der Waals surface area contributed by atoms with Crippen molar-refractivity contribution in [1.82, 2.24) is 0 Å². The van der Waals surface area contributed by atoms with Gasteiger partial charge in [0, 0.05) is 24.7 Å². The standard InChI is InChI=1S/C17H19N/c1-2-18-13-15(12-14-8-4-3-5-9-14)16-10-6-7-11-17(16)18/h3-11,15H,2,12-13H2,1H3. The molecular weight excluding hydrogens is 218 g/mol. The molecule has 1 aliphatic heterocycles. The molecule has 1 atom stereocenters. The van der Waals surface area contributed by atoms with E-state index in [1.807, 2.05) is 0 Å². The number of anilines is 1. The average molecular weight is 237 g/mol. The molecule has 0 fully saturated rings. The van der Waals surface area contributed by atoms with E-state index in [4.69, 9.17) is 0 Å². The van der Waals surface area contributed by atoms with Gasteiger partial charge in [0.05, 0.1) is 0 Å². The van der Waals surface area contributed by atoms with E-state index in [1.54, 1.807) is 0 Å². The lowest BCUT2D eigenvalue weighted by Gasteiger charge is -2.17. The van der Waals surface area contributed by atoms with Gasteiger partial charge in [-0.05, 0) is 30.5 Å². The zero-order valence-corrected chi connectivity index (χ0v) is 10.8. The summed E-state index contributed by atoms with van der Waals surface area (Å²) in [7, 11) is 0. The van der Waals surface area contributed by atoms with E-state index < -0.39 is 0 Å². The van der Waals surface area contributed by atoms with Crippen molar-refractivity contribution in [3.05, 3.63) is 65.7 Å². The third-order valence-electron chi connectivity index (χ3n) is 3.86. The van der Waals surface area contributed by atoms with Crippen LogP contribution >= 0.6 is 0 Å². The molecule has 92 valence electrons. The van der Waals surface area contributed by atoms with Crippen LogP contribution in [0.2, 0.25) is 0 Å². The molecule has 0 aromatic heterocycles. The maximum absolute atomic E-state index is 2.49. The van der Waals surface area contributed by atoms with Gasteiger partial charge in [-0.15, -0.1) is 0 Å². The van der Waals surface area contributed by atoms with E-state index in [2.05, 4.69) is 66.4 Å². The Bertz CT molecular complexity index is 518. The van der Waals surface area contributed by atoms with Crippen molar-refractivity contribution in [2.24, 2.45) is 0 Å². The van der Waals surface area contributed by atoms with Crippen molar-refractivity contribution in [2.45, 2.75) is 19.3 Å². The van der Waals surface area contributed by atoms with Crippen LogP contribution in [-0.2, 0) is 6.42 Å². The largest absolute Gasteiger partial charge is 0.371 e. The fraction of sp³-hybridized carbons (Fsp3) is 0.294. The maximum Gasteiger partial charge on any atom is 0.0402 e. The Labute approximate surface area is 109 Å². The van der Waals surface area contributed by atoms with Crippen LogP contribution in [0, 0.1) is 0 Å². The SMILES string of the molecule is CCN1CC(Cc2ccccc2)c2ccccc21. The molecule has 0 aliphatic carbocycles. The summed E-state index contributed by atoms with van der Waals surface area (Å²) in [5, 5.41) is 0. The predicted octanol–water partition coefficient (Wildman–Crippen LogP) is 3.85. The molecule has 0 bridgehead atoms. The minimum Gasteiger partial charge on any atom is -0.371 e. The Kier molecular flexibility index (Phi) is 3.06. The molecule has 0 radical (unpaired) electrons. The number of fused-ring (bicyclic) bond motifs is 1. The Balaban J connectivity index is 1.87. The zero-order chi connectivity index (χ0) is 12.4. The first-order valence-corrected chi connectivity index (χ1v) is 6.76. The molecule has 2 aromatic rings. The third-order valence-corrected chi connectivity index (χ3v) is 3.86. The van der Waals surface area contributed by atoms with Crippen LogP contribution in [0.1, 0.15) is 24.0 Å². The number of nitrogens with zero attached hydrogens (tertiary/aromatic N) is 1. The molecule has 2 aromatic carbocycles. The Hall–Kier alpha value is -1.76. The van der Waals surface area contributed by atoms with E-state index in [1.165, 1.54) is 16.8 Å². The van der Waals surface area contributed by atoms with Crippen molar-refractivity contribution in [3.63, 3.8) is 0 Å². The summed E-state index contributed by atoms with van der Waals surface area (Å²) in [5.74, 6) is 0.642. The Morgan fingerprint density at radius 2 is 1.72 bits per heavy atom. The molecule has 1 unspecified atom stereocenters. The van der Waals surface area contributed by atoms with Crippen LogP contribution in [-0.4, -0.2) is 13.1 Å². The zero-order valence-electron chi connectivity index (χ0n) is 10.8. The third kappa shape index (κ3) is 2.01. The highest BCUT2D eigenvalue weighted by Gasteiger charge is 2.26. The summed E-state index contributed by atoms with van der Waals surface area (Å²) in [5.41, 5.74) is 4.39. The van der Waals surface area contributed by atoms with Crippen LogP contribution in [0.5, 0.6) is 0 Å². The number of benzene rings is 2. The van der Waals surface area contributed by atoms with Crippen LogP contribution < -0.4 is 4.90 Å². The Morgan fingerprint density at radius 1 is 1.00 bits per heavy atom. The number of hydrogen-bond acceptors (Lipinski definition) is 1. The smallest absolute Gasteiger partial charge is 0.0402 e. The first-order chi connectivity index (χ1) is 8.88. The van der Waals surface area contributed by atoms with Gasteiger partial charge in [0.25, 0.3) is 0 Å². The number of rotatable bonds is 3. The minimum atomic E-state index is 0.642. The summed E-state index contributed by atoms with van der Waals surface area (Å²) in [6, 6.07) is 19.7. The topological polar surface area (TPSA) is 3.24 Å². The summed E-state index contributed by atoms with van der Waals surface area (Å²) < 4.78 is 0. The first-order valence-electron chi connectivity index (χ1n) is 6.76. The van der Waals surface area contributed by atoms with Gasteiger partial charge >= 0.3 is 0 Å². The minimum absolute atomic E-state index is 0.642. The molecular formula is C17H19N. The molecule has 18 heavy (non-hydrogen) atoms. The van der Waals surface area contributed by atoms with Crippen LogP contribution in [0.25, 0.3) is 0 Å². The van der Waals surface area contributed by atoms with Crippen molar-refractivity contribution < 1.29 is 0 Å². The highest BCUT2D eigenvalue weighted by molar-refractivity contribution is 5.60. The summed E-state index contributed by atoms with van der Waals surface area (Å²) in [6.07, 6.45) is 1.15. The predicted molar refractivity (Wildman–Crippen MR) is 77.2 cm³/mol. The van der Waals surface area contributed by atoms with Gasteiger partial charge in [0.1, 0.15) is 0 Å². The highest BCUT2D eigenvalue weighted by atomic mass is 15.1.